The molecule has 6 heteroatoms. The van der Waals surface area contributed by atoms with Gasteiger partial charge in [0.15, 0.2) is 5.78 Å². The zero-order valence-electron chi connectivity index (χ0n) is 16.7. The summed E-state index contributed by atoms with van der Waals surface area (Å²) in [4.78, 5) is 37.1. The van der Waals surface area contributed by atoms with Gasteiger partial charge in [0.25, 0.3) is 11.8 Å². The molecule has 6 nitrogen and oxygen atoms in total. The molecular weight excluding hydrogens is 378 g/mol. The first-order valence-corrected chi connectivity index (χ1v) is 9.62. The molecule has 1 aliphatic rings. The Labute approximate surface area is 174 Å². The summed E-state index contributed by atoms with van der Waals surface area (Å²) in [6, 6.07) is 18.2. The van der Waals surface area contributed by atoms with Crippen LogP contribution in [-0.4, -0.2) is 24.1 Å². The summed E-state index contributed by atoms with van der Waals surface area (Å²) in [5.74, 6) is -0.966. The third kappa shape index (κ3) is 3.67. The van der Waals surface area contributed by atoms with E-state index in [0.717, 1.165) is 27.9 Å². The first-order chi connectivity index (χ1) is 14.4. The minimum Gasteiger partial charge on any atom is -0.376 e. The van der Waals surface area contributed by atoms with Gasteiger partial charge in [-0.15, -0.1) is 0 Å². The molecule has 0 heterocycles. The molecule has 0 aliphatic heterocycles. The van der Waals surface area contributed by atoms with Crippen LogP contribution in [0.5, 0.6) is 0 Å². The second-order valence-corrected chi connectivity index (χ2v) is 7.31. The number of aryl methyl sites for hydroxylation is 2. The molecule has 150 valence electrons. The Morgan fingerprint density at radius 1 is 0.800 bits per heavy atom. The second-order valence-electron chi connectivity index (χ2n) is 7.31. The van der Waals surface area contributed by atoms with E-state index in [1.54, 1.807) is 24.3 Å². The number of amides is 2. The van der Waals surface area contributed by atoms with Crippen LogP contribution < -0.4 is 16.2 Å². The lowest BCUT2D eigenvalue weighted by Crippen LogP contribution is -2.44. The van der Waals surface area contributed by atoms with Crippen molar-refractivity contribution in [2.75, 3.05) is 11.9 Å². The number of hydrogen-bond donors (Lipinski definition) is 3. The monoisotopic (exact) mass is 399 g/mol. The van der Waals surface area contributed by atoms with Crippen molar-refractivity contribution in [2.45, 2.75) is 13.8 Å². The van der Waals surface area contributed by atoms with Crippen LogP contribution in [-0.2, 0) is 4.79 Å². The van der Waals surface area contributed by atoms with E-state index < -0.39 is 5.91 Å². The van der Waals surface area contributed by atoms with Gasteiger partial charge in [-0.3, -0.25) is 25.2 Å². The van der Waals surface area contributed by atoms with Crippen molar-refractivity contribution >= 4 is 23.3 Å². The van der Waals surface area contributed by atoms with E-state index in [1.165, 1.54) is 0 Å². The molecule has 1 aliphatic carbocycles. The largest absolute Gasteiger partial charge is 0.376 e. The minimum absolute atomic E-state index is 0.0160. The summed E-state index contributed by atoms with van der Waals surface area (Å²) in [5.41, 5.74) is 10.9. The SMILES string of the molecule is Cc1ccc(NCC(=O)NNC(=O)c2ccc3c(c2)C(=O)c2ccccc2-3)c(C)c1. The molecule has 0 radical (unpaired) electrons. The fraction of sp³-hybridized carbons (Fsp3) is 0.125. The van der Waals surface area contributed by atoms with E-state index in [0.29, 0.717) is 16.7 Å². The number of rotatable bonds is 4. The van der Waals surface area contributed by atoms with Crippen molar-refractivity contribution in [3.63, 3.8) is 0 Å². The van der Waals surface area contributed by atoms with Gasteiger partial charge < -0.3 is 5.32 Å². The lowest BCUT2D eigenvalue weighted by molar-refractivity contribution is -0.120. The predicted molar refractivity (Wildman–Crippen MR) is 115 cm³/mol. The van der Waals surface area contributed by atoms with Crippen molar-refractivity contribution in [1.29, 1.82) is 0 Å². The third-order valence-corrected chi connectivity index (χ3v) is 5.12. The van der Waals surface area contributed by atoms with Crippen LogP contribution in [0, 0.1) is 13.8 Å². The molecular formula is C24H21N3O3. The molecule has 3 aromatic carbocycles. The van der Waals surface area contributed by atoms with Gasteiger partial charge in [0, 0.05) is 22.4 Å². The smallest absolute Gasteiger partial charge is 0.269 e. The van der Waals surface area contributed by atoms with Crippen LogP contribution in [0.4, 0.5) is 5.69 Å². The zero-order valence-corrected chi connectivity index (χ0v) is 16.7. The number of carbonyl (C=O) groups excluding carboxylic acids is 3. The highest BCUT2D eigenvalue weighted by atomic mass is 16.2. The summed E-state index contributed by atoms with van der Waals surface area (Å²) in [6.07, 6.45) is 0. The first kappa shape index (κ1) is 19.4. The molecule has 0 fully saturated rings. The number of fused-ring (bicyclic) bond motifs is 3. The molecule has 0 unspecified atom stereocenters. The molecule has 0 bridgehead atoms. The third-order valence-electron chi connectivity index (χ3n) is 5.12. The molecule has 30 heavy (non-hydrogen) atoms. The summed E-state index contributed by atoms with van der Waals surface area (Å²) in [6.45, 7) is 3.98. The van der Waals surface area contributed by atoms with Gasteiger partial charge in [-0.05, 0) is 48.7 Å². The van der Waals surface area contributed by atoms with Crippen LogP contribution in [0.25, 0.3) is 11.1 Å². The van der Waals surface area contributed by atoms with Crippen molar-refractivity contribution in [3.8, 4) is 11.1 Å². The molecule has 0 aromatic heterocycles. The van der Waals surface area contributed by atoms with Gasteiger partial charge in [0.1, 0.15) is 0 Å². The highest BCUT2D eigenvalue weighted by molar-refractivity contribution is 6.22. The van der Waals surface area contributed by atoms with Crippen molar-refractivity contribution < 1.29 is 14.4 Å². The van der Waals surface area contributed by atoms with E-state index in [2.05, 4.69) is 16.2 Å². The van der Waals surface area contributed by atoms with Gasteiger partial charge in [-0.2, -0.15) is 0 Å². The Kier molecular flexibility index (Phi) is 5.06. The number of benzene rings is 3. The molecule has 0 saturated carbocycles. The predicted octanol–water partition coefficient (Wildman–Crippen LogP) is 3.39. The fourth-order valence-corrected chi connectivity index (χ4v) is 3.60. The van der Waals surface area contributed by atoms with Gasteiger partial charge in [0.2, 0.25) is 0 Å². The van der Waals surface area contributed by atoms with Crippen molar-refractivity contribution in [2.24, 2.45) is 0 Å². The van der Waals surface area contributed by atoms with E-state index in [4.69, 9.17) is 0 Å². The average molecular weight is 399 g/mol. The van der Waals surface area contributed by atoms with Gasteiger partial charge >= 0.3 is 0 Å². The standard InChI is InChI=1S/C24H21N3O3/c1-14-7-10-21(15(2)11-14)25-13-22(28)26-27-24(30)16-8-9-18-17-5-3-4-6-19(17)23(29)20(18)12-16/h3-12,25H,13H2,1-2H3,(H,26,28)(H,27,30). The Bertz CT molecular complexity index is 1180. The maximum Gasteiger partial charge on any atom is 0.269 e. The van der Waals surface area contributed by atoms with Crippen LogP contribution in [0.15, 0.2) is 60.7 Å². The lowest BCUT2D eigenvalue weighted by Gasteiger charge is -2.11. The fourth-order valence-electron chi connectivity index (χ4n) is 3.60. The van der Waals surface area contributed by atoms with Crippen LogP contribution in [0.1, 0.15) is 37.4 Å². The number of carbonyl (C=O) groups is 3. The summed E-state index contributed by atoms with van der Waals surface area (Å²) in [7, 11) is 0. The minimum atomic E-state index is -0.485. The van der Waals surface area contributed by atoms with Crippen LogP contribution in [0.3, 0.4) is 0 Å². The number of nitrogens with one attached hydrogen (secondary N) is 3. The quantitative estimate of drug-likeness (QED) is 0.459. The Balaban J connectivity index is 1.37. The Morgan fingerprint density at radius 2 is 1.53 bits per heavy atom. The normalized spacial score (nSPS) is 11.5. The van der Waals surface area contributed by atoms with Gasteiger partial charge in [0.05, 0.1) is 6.54 Å². The maximum absolute atomic E-state index is 12.6. The number of hydrogen-bond acceptors (Lipinski definition) is 4. The highest BCUT2D eigenvalue weighted by Gasteiger charge is 2.27. The zero-order chi connectivity index (χ0) is 21.3. The number of ketones is 1. The molecule has 0 spiro atoms. The van der Waals surface area contributed by atoms with Crippen molar-refractivity contribution in [3.05, 3.63) is 88.5 Å². The van der Waals surface area contributed by atoms with Crippen molar-refractivity contribution in [1.82, 2.24) is 10.9 Å². The van der Waals surface area contributed by atoms with E-state index >= 15 is 0 Å². The topological polar surface area (TPSA) is 87.3 Å². The maximum atomic E-state index is 12.6. The number of hydrazine groups is 1. The lowest BCUT2D eigenvalue weighted by atomic mass is 10.0. The second kappa shape index (κ2) is 7.83. The van der Waals surface area contributed by atoms with Crippen LogP contribution in [0.2, 0.25) is 0 Å². The molecule has 2 amide bonds. The molecule has 3 N–H and O–H groups in total. The Hall–Kier alpha value is -3.93. The van der Waals surface area contributed by atoms with Crippen LogP contribution >= 0.6 is 0 Å². The van der Waals surface area contributed by atoms with E-state index in [9.17, 15) is 14.4 Å². The van der Waals surface area contributed by atoms with Gasteiger partial charge in [-0.25, -0.2) is 0 Å². The van der Waals surface area contributed by atoms with E-state index in [-0.39, 0.29) is 18.2 Å². The molecule has 4 rings (SSSR count). The number of anilines is 1. The Morgan fingerprint density at radius 3 is 2.30 bits per heavy atom. The molecule has 3 aromatic rings. The van der Waals surface area contributed by atoms with E-state index in [1.807, 2.05) is 50.2 Å². The summed E-state index contributed by atoms with van der Waals surface area (Å²) in [5, 5.41) is 3.05. The first-order valence-electron chi connectivity index (χ1n) is 9.62. The average Bonchev–Trinajstić information content (AvgIpc) is 3.03. The molecule has 0 saturated heterocycles. The summed E-state index contributed by atoms with van der Waals surface area (Å²) >= 11 is 0. The van der Waals surface area contributed by atoms with Gasteiger partial charge in [-0.1, -0.05) is 48.0 Å². The summed E-state index contributed by atoms with van der Waals surface area (Å²) < 4.78 is 0. The molecule has 0 atom stereocenters. The highest BCUT2D eigenvalue weighted by Crippen LogP contribution is 2.36.